The van der Waals surface area contributed by atoms with Gasteiger partial charge in [0.1, 0.15) is 5.84 Å². The van der Waals surface area contributed by atoms with Gasteiger partial charge in [-0.2, -0.15) is 0 Å². The van der Waals surface area contributed by atoms with Crippen LogP contribution in [0.5, 0.6) is 0 Å². The van der Waals surface area contributed by atoms with Gasteiger partial charge < -0.3 is 15.8 Å². The predicted molar refractivity (Wildman–Crippen MR) is 77.9 cm³/mol. The summed E-state index contributed by atoms with van der Waals surface area (Å²) in [7, 11) is 0. The molecule has 1 aromatic carbocycles. The van der Waals surface area contributed by atoms with Crippen LogP contribution in [0.2, 0.25) is 5.02 Å². The van der Waals surface area contributed by atoms with Gasteiger partial charge in [-0.25, -0.2) is 0 Å². The van der Waals surface area contributed by atoms with Gasteiger partial charge in [-0.15, -0.1) is 0 Å². The predicted octanol–water partition coefficient (Wildman–Crippen LogP) is 1.87. The van der Waals surface area contributed by atoms with Crippen molar-refractivity contribution in [3.05, 3.63) is 34.9 Å². The summed E-state index contributed by atoms with van der Waals surface area (Å²) in [5.41, 5.74) is 6.55. The SMILES string of the molecule is NC(=NO)C1CCN(C(=O)Cc2ccc(Cl)cc2)CC1. The van der Waals surface area contributed by atoms with Crippen molar-refractivity contribution in [3.8, 4) is 0 Å². The van der Waals surface area contributed by atoms with E-state index in [1.54, 1.807) is 12.1 Å². The molecule has 20 heavy (non-hydrogen) atoms. The molecule has 0 atom stereocenters. The zero-order valence-corrected chi connectivity index (χ0v) is 11.9. The Morgan fingerprint density at radius 1 is 1.35 bits per heavy atom. The second-order valence-electron chi connectivity index (χ2n) is 4.98. The van der Waals surface area contributed by atoms with E-state index in [1.807, 2.05) is 17.0 Å². The Hall–Kier alpha value is -1.75. The molecule has 1 aliphatic rings. The van der Waals surface area contributed by atoms with Gasteiger partial charge in [-0.05, 0) is 30.5 Å². The smallest absolute Gasteiger partial charge is 0.226 e. The van der Waals surface area contributed by atoms with E-state index >= 15 is 0 Å². The van der Waals surface area contributed by atoms with E-state index < -0.39 is 0 Å². The number of nitrogens with zero attached hydrogens (tertiary/aromatic N) is 2. The zero-order valence-electron chi connectivity index (χ0n) is 11.1. The fourth-order valence-corrected chi connectivity index (χ4v) is 2.52. The van der Waals surface area contributed by atoms with Crippen molar-refractivity contribution in [2.45, 2.75) is 19.3 Å². The Labute approximate surface area is 123 Å². The normalized spacial score (nSPS) is 17.2. The molecule has 1 fully saturated rings. The van der Waals surface area contributed by atoms with Crippen LogP contribution in [-0.2, 0) is 11.2 Å². The number of amidine groups is 1. The summed E-state index contributed by atoms with van der Waals surface area (Å²) in [5, 5.41) is 12.4. The minimum atomic E-state index is 0.0691. The summed E-state index contributed by atoms with van der Waals surface area (Å²) >= 11 is 5.82. The van der Waals surface area contributed by atoms with Crippen LogP contribution < -0.4 is 5.73 Å². The van der Waals surface area contributed by atoms with Crippen molar-refractivity contribution >= 4 is 23.3 Å². The molecule has 1 saturated heterocycles. The molecule has 6 heteroatoms. The van der Waals surface area contributed by atoms with Gasteiger partial charge >= 0.3 is 0 Å². The number of piperidine rings is 1. The highest BCUT2D eigenvalue weighted by Gasteiger charge is 2.25. The van der Waals surface area contributed by atoms with Crippen LogP contribution in [0.15, 0.2) is 29.4 Å². The molecule has 1 heterocycles. The lowest BCUT2D eigenvalue weighted by atomic mass is 9.95. The molecular weight excluding hydrogens is 278 g/mol. The Morgan fingerprint density at radius 3 is 2.50 bits per heavy atom. The van der Waals surface area contributed by atoms with Crippen molar-refractivity contribution in [2.75, 3.05) is 13.1 Å². The molecule has 0 aromatic heterocycles. The molecule has 0 aliphatic carbocycles. The minimum absolute atomic E-state index is 0.0691. The second kappa shape index (κ2) is 6.61. The number of rotatable bonds is 3. The van der Waals surface area contributed by atoms with Crippen molar-refractivity contribution in [1.29, 1.82) is 0 Å². The lowest BCUT2D eigenvalue weighted by Crippen LogP contribution is -2.42. The van der Waals surface area contributed by atoms with E-state index in [1.165, 1.54) is 0 Å². The highest BCUT2D eigenvalue weighted by atomic mass is 35.5. The molecule has 0 radical (unpaired) electrons. The molecule has 0 unspecified atom stereocenters. The van der Waals surface area contributed by atoms with Crippen LogP contribution in [0.4, 0.5) is 0 Å². The number of hydrogen-bond acceptors (Lipinski definition) is 3. The lowest BCUT2D eigenvalue weighted by molar-refractivity contribution is -0.131. The number of nitrogens with two attached hydrogens (primary N) is 1. The average molecular weight is 296 g/mol. The largest absolute Gasteiger partial charge is 0.409 e. The third-order valence-corrected chi connectivity index (χ3v) is 3.90. The van der Waals surface area contributed by atoms with E-state index in [2.05, 4.69) is 5.16 Å². The number of amides is 1. The van der Waals surface area contributed by atoms with E-state index in [4.69, 9.17) is 22.5 Å². The van der Waals surface area contributed by atoms with Crippen LogP contribution in [0.25, 0.3) is 0 Å². The maximum Gasteiger partial charge on any atom is 0.226 e. The van der Waals surface area contributed by atoms with Crippen molar-refractivity contribution in [1.82, 2.24) is 4.90 Å². The van der Waals surface area contributed by atoms with Gasteiger partial charge in [0.25, 0.3) is 0 Å². The van der Waals surface area contributed by atoms with Crippen molar-refractivity contribution < 1.29 is 10.0 Å². The number of carbonyl (C=O) groups excluding carboxylic acids is 1. The maximum absolute atomic E-state index is 12.2. The average Bonchev–Trinajstić information content (AvgIpc) is 2.49. The fourth-order valence-electron chi connectivity index (χ4n) is 2.39. The van der Waals surface area contributed by atoms with Gasteiger partial charge in [-0.3, -0.25) is 4.79 Å². The third-order valence-electron chi connectivity index (χ3n) is 3.65. The molecule has 1 amide bonds. The quantitative estimate of drug-likeness (QED) is 0.387. The summed E-state index contributed by atoms with van der Waals surface area (Å²) in [4.78, 5) is 14.0. The third kappa shape index (κ3) is 3.63. The number of likely N-dealkylation sites (tertiary alicyclic amines) is 1. The standard InChI is InChI=1S/C14H18ClN3O2/c15-12-3-1-10(2-4-12)9-13(19)18-7-5-11(6-8-18)14(16)17-20/h1-4,11,20H,5-9H2,(H2,16,17). The second-order valence-corrected chi connectivity index (χ2v) is 5.42. The van der Waals surface area contributed by atoms with E-state index in [0.29, 0.717) is 24.5 Å². The Kier molecular flexibility index (Phi) is 4.84. The first-order valence-corrected chi connectivity index (χ1v) is 6.97. The van der Waals surface area contributed by atoms with Gasteiger partial charge in [-0.1, -0.05) is 28.9 Å². The highest BCUT2D eigenvalue weighted by molar-refractivity contribution is 6.30. The maximum atomic E-state index is 12.2. The number of halogens is 1. The molecule has 5 nitrogen and oxygen atoms in total. The van der Waals surface area contributed by atoms with E-state index in [-0.39, 0.29) is 17.7 Å². The zero-order chi connectivity index (χ0) is 14.5. The summed E-state index contributed by atoms with van der Waals surface area (Å²) in [6.07, 6.45) is 1.86. The van der Waals surface area contributed by atoms with Gasteiger partial charge in [0, 0.05) is 24.0 Å². The monoisotopic (exact) mass is 295 g/mol. The van der Waals surface area contributed by atoms with Gasteiger partial charge in [0.05, 0.1) is 6.42 Å². The van der Waals surface area contributed by atoms with Crippen molar-refractivity contribution in [2.24, 2.45) is 16.8 Å². The first-order chi connectivity index (χ1) is 9.60. The summed E-state index contributed by atoms with van der Waals surface area (Å²) in [5.74, 6) is 0.430. The summed E-state index contributed by atoms with van der Waals surface area (Å²) < 4.78 is 0. The topological polar surface area (TPSA) is 78.9 Å². The van der Waals surface area contributed by atoms with E-state index in [0.717, 1.165) is 18.4 Å². The van der Waals surface area contributed by atoms with Crippen LogP contribution in [0.3, 0.4) is 0 Å². The number of oxime groups is 1. The highest BCUT2D eigenvalue weighted by Crippen LogP contribution is 2.18. The van der Waals surface area contributed by atoms with Gasteiger partial charge in [0.2, 0.25) is 5.91 Å². The molecule has 2 rings (SSSR count). The minimum Gasteiger partial charge on any atom is -0.409 e. The van der Waals surface area contributed by atoms with Gasteiger partial charge in [0.15, 0.2) is 0 Å². The first kappa shape index (κ1) is 14.7. The summed E-state index contributed by atoms with van der Waals surface area (Å²) in [6.45, 7) is 1.29. The van der Waals surface area contributed by atoms with Crippen LogP contribution in [-0.4, -0.2) is 34.9 Å². The number of hydrogen-bond donors (Lipinski definition) is 2. The number of benzene rings is 1. The molecule has 3 N–H and O–H groups in total. The van der Waals surface area contributed by atoms with Crippen LogP contribution in [0, 0.1) is 5.92 Å². The molecule has 0 bridgehead atoms. The molecule has 0 spiro atoms. The van der Waals surface area contributed by atoms with E-state index in [9.17, 15) is 4.79 Å². The Morgan fingerprint density at radius 2 is 1.95 bits per heavy atom. The molecule has 1 aliphatic heterocycles. The first-order valence-electron chi connectivity index (χ1n) is 6.60. The lowest BCUT2D eigenvalue weighted by Gasteiger charge is -2.31. The van der Waals surface area contributed by atoms with Crippen molar-refractivity contribution in [3.63, 3.8) is 0 Å². The molecule has 0 saturated carbocycles. The molecule has 108 valence electrons. The molecular formula is C14H18ClN3O2. The Balaban J connectivity index is 1.87. The molecule has 1 aromatic rings. The number of carbonyl (C=O) groups is 1. The van der Waals surface area contributed by atoms with Crippen LogP contribution >= 0.6 is 11.6 Å². The fraction of sp³-hybridized carbons (Fsp3) is 0.429. The summed E-state index contributed by atoms with van der Waals surface area (Å²) in [6, 6.07) is 7.30. The Bertz CT molecular complexity index is 494. The van der Waals surface area contributed by atoms with Crippen LogP contribution in [0.1, 0.15) is 18.4 Å².